The lowest BCUT2D eigenvalue weighted by molar-refractivity contribution is -0.404. The molecule has 0 amide bonds. The van der Waals surface area contributed by atoms with Gasteiger partial charge in [-0.05, 0) is 0 Å². The number of nitro groups is 1. The van der Waals surface area contributed by atoms with E-state index in [2.05, 4.69) is 10.3 Å². The topological polar surface area (TPSA) is 71.3 Å². The van der Waals surface area contributed by atoms with E-state index < -0.39 is 4.92 Å². The van der Waals surface area contributed by atoms with Gasteiger partial charge >= 0.3 is 0 Å². The third-order valence-electron chi connectivity index (χ3n) is 2.13. The van der Waals surface area contributed by atoms with Gasteiger partial charge in [-0.1, -0.05) is 11.6 Å². The molecular weight excluding hydrogens is 252 g/mol. The molecule has 16 heavy (non-hydrogen) atoms. The number of halogens is 1. The van der Waals surface area contributed by atoms with E-state index in [0.717, 1.165) is 18.4 Å². The first-order valence-electron chi connectivity index (χ1n) is 4.59. The van der Waals surface area contributed by atoms with Crippen molar-refractivity contribution in [3.63, 3.8) is 0 Å². The van der Waals surface area contributed by atoms with E-state index in [4.69, 9.17) is 11.6 Å². The van der Waals surface area contributed by atoms with Gasteiger partial charge in [0.1, 0.15) is 0 Å². The van der Waals surface area contributed by atoms with Crippen LogP contribution >= 0.6 is 22.9 Å². The van der Waals surface area contributed by atoms with Crippen molar-refractivity contribution < 1.29 is 4.92 Å². The first-order chi connectivity index (χ1) is 7.65. The lowest BCUT2D eigenvalue weighted by atomic mass is 10.4. The third kappa shape index (κ3) is 2.61. The largest absolute Gasteiger partial charge is 0.365 e. The number of hydrogen-bond donors (Lipinski definition) is 1. The third-order valence-corrected chi connectivity index (χ3v) is 3.16. The summed E-state index contributed by atoms with van der Waals surface area (Å²) in [7, 11) is 0. The Morgan fingerprint density at radius 1 is 1.81 bits per heavy atom. The van der Waals surface area contributed by atoms with Crippen molar-refractivity contribution in [1.82, 2.24) is 15.2 Å². The van der Waals surface area contributed by atoms with E-state index in [0.29, 0.717) is 23.4 Å². The SMILES string of the molecule is O=[N+]([O-])/C=C1/NCCN1Cc1csc(Cl)n1. The lowest BCUT2D eigenvalue weighted by Crippen LogP contribution is -2.20. The van der Waals surface area contributed by atoms with Crippen molar-refractivity contribution in [3.05, 3.63) is 37.7 Å². The monoisotopic (exact) mass is 260 g/mol. The van der Waals surface area contributed by atoms with E-state index in [1.165, 1.54) is 11.3 Å². The number of thiazole rings is 1. The van der Waals surface area contributed by atoms with Gasteiger partial charge in [0, 0.05) is 18.5 Å². The number of nitrogens with zero attached hydrogens (tertiary/aromatic N) is 3. The lowest BCUT2D eigenvalue weighted by Gasteiger charge is -2.14. The Balaban J connectivity index is 2.06. The van der Waals surface area contributed by atoms with Crippen molar-refractivity contribution in [3.8, 4) is 0 Å². The highest BCUT2D eigenvalue weighted by Crippen LogP contribution is 2.18. The van der Waals surface area contributed by atoms with Crippen molar-refractivity contribution >= 4 is 22.9 Å². The molecule has 0 atom stereocenters. The molecule has 8 heteroatoms. The van der Waals surface area contributed by atoms with E-state index in [-0.39, 0.29) is 0 Å². The molecule has 1 aliphatic heterocycles. The number of aromatic nitrogens is 1. The molecule has 1 aliphatic rings. The highest BCUT2D eigenvalue weighted by atomic mass is 35.5. The zero-order valence-corrected chi connectivity index (χ0v) is 9.79. The van der Waals surface area contributed by atoms with Gasteiger partial charge in [0.05, 0.1) is 17.2 Å². The van der Waals surface area contributed by atoms with Gasteiger partial charge in [-0.15, -0.1) is 11.3 Å². The van der Waals surface area contributed by atoms with Crippen LogP contribution in [-0.2, 0) is 6.54 Å². The van der Waals surface area contributed by atoms with Crippen molar-refractivity contribution in [1.29, 1.82) is 0 Å². The van der Waals surface area contributed by atoms with Crippen LogP contribution in [0.25, 0.3) is 0 Å². The van der Waals surface area contributed by atoms with Gasteiger partial charge in [0.25, 0.3) is 6.20 Å². The van der Waals surface area contributed by atoms with Crippen LogP contribution in [0.15, 0.2) is 17.4 Å². The summed E-state index contributed by atoms with van der Waals surface area (Å²) in [4.78, 5) is 15.9. The summed E-state index contributed by atoms with van der Waals surface area (Å²) in [5.74, 6) is 0.522. The molecule has 0 spiro atoms. The zero-order chi connectivity index (χ0) is 11.5. The number of hydrogen-bond acceptors (Lipinski definition) is 6. The normalized spacial score (nSPS) is 17.8. The second-order valence-electron chi connectivity index (χ2n) is 3.24. The minimum atomic E-state index is -0.464. The van der Waals surface area contributed by atoms with Crippen LogP contribution < -0.4 is 5.32 Å². The van der Waals surface area contributed by atoms with Gasteiger partial charge in [-0.2, -0.15) is 0 Å². The Labute approximate surface area is 101 Å². The standard InChI is InChI=1S/C8H9ClN4O2S/c9-8-11-6(5-16-8)3-12-2-1-10-7(12)4-13(14)15/h4-5,10H,1-3H2/b7-4-. The molecule has 1 aromatic heterocycles. The minimum absolute atomic E-state index is 0.464. The Bertz CT molecular complexity index is 433. The van der Waals surface area contributed by atoms with Crippen LogP contribution in [0.3, 0.4) is 0 Å². The van der Waals surface area contributed by atoms with E-state index in [1.54, 1.807) is 0 Å². The summed E-state index contributed by atoms with van der Waals surface area (Å²) >= 11 is 7.07. The summed E-state index contributed by atoms with van der Waals surface area (Å²) in [5.41, 5.74) is 0.827. The van der Waals surface area contributed by atoms with Crippen LogP contribution in [0.4, 0.5) is 0 Å². The Morgan fingerprint density at radius 2 is 2.62 bits per heavy atom. The molecule has 1 N–H and O–H groups in total. The van der Waals surface area contributed by atoms with Crippen LogP contribution in [0.1, 0.15) is 5.69 Å². The molecule has 0 bridgehead atoms. The molecule has 1 saturated heterocycles. The molecular formula is C8H9ClN4O2S. The molecule has 6 nitrogen and oxygen atoms in total. The van der Waals surface area contributed by atoms with E-state index in [9.17, 15) is 10.1 Å². The number of nitrogens with one attached hydrogen (secondary N) is 1. The smallest absolute Gasteiger partial charge is 0.274 e. The summed E-state index contributed by atoms with van der Waals surface area (Å²) in [6.45, 7) is 1.97. The van der Waals surface area contributed by atoms with Crippen molar-refractivity contribution in [2.24, 2.45) is 0 Å². The maximum atomic E-state index is 10.4. The van der Waals surface area contributed by atoms with E-state index >= 15 is 0 Å². The molecule has 2 rings (SSSR count). The maximum absolute atomic E-state index is 10.4. The average Bonchev–Trinajstić information content (AvgIpc) is 2.77. The van der Waals surface area contributed by atoms with Gasteiger partial charge in [-0.25, -0.2) is 4.98 Å². The van der Waals surface area contributed by atoms with Crippen molar-refractivity contribution in [2.45, 2.75) is 6.54 Å². The molecule has 1 fully saturated rings. The molecule has 0 aromatic carbocycles. The van der Waals surface area contributed by atoms with Gasteiger partial charge < -0.3 is 10.2 Å². The Morgan fingerprint density at radius 3 is 3.25 bits per heavy atom. The molecule has 0 radical (unpaired) electrons. The van der Waals surface area contributed by atoms with Crippen LogP contribution in [0.2, 0.25) is 4.47 Å². The summed E-state index contributed by atoms with van der Waals surface area (Å²) in [6.07, 6.45) is 0.973. The highest BCUT2D eigenvalue weighted by Gasteiger charge is 2.20. The first-order valence-corrected chi connectivity index (χ1v) is 5.85. The average molecular weight is 261 g/mol. The van der Waals surface area contributed by atoms with Gasteiger partial charge in [0.2, 0.25) is 0 Å². The van der Waals surface area contributed by atoms with Crippen LogP contribution in [-0.4, -0.2) is 27.9 Å². The first kappa shape index (κ1) is 11.2. The predicted octanol–water partition coefficient (Wildman–Crippen LogP) is 1.28. The fourth-order valence-corrected chi connectivity index (χ4v) is 2.27. The Hall–Kier alpha value is -1.34. The zero-order valence-electron chi connectivity index (χ0n) is 8.22. The second-order valence-corrected chi connectivity index (χ2v) is 4.68. The molecule has 2 heterocycles. The summed E-state index contributed by atoms with van der Waals surface area (Å²) in [6, 6.07) is 0. The summed E-state index contributed by atoms with van der Waals surface area (Å²) in [5, 5.41) is 15.2. The van der Waals surface area contributed by atoms with Gasteiger partial charge in [0.15, 0.2) is 10.3 Å². The fourth-order valence-electron chi connectivity index (χ4n) is 1.49. The predicted molar refractivity (Wildman–Crippen MR) is 60.6 cm³/mol. The molecule has 0 saturated carbocycles. The van der Waals surface area contributed by atoms with E-state index in [1.807, 2.05) is 10.3 Å². The number of rotatable bonds is 3. The molecule has 1 aromatic rings. The molecule has 0 aliphatic carbocycles. The second kappa shape index (κ2) is 4.67. The highest BCUT2D eigenvalue weighted by molar-refractivity contribution is 7.13. The van der Waals surface area contributed by atoms with Crippen LogP contribution in [0.5, 0.6) is 0 Å². The summed E-state index contributed by atoms with van der Waals surface area (Å²) < 4.78 is 0.488. The fraction of sp³-hybridized carbons (Fsp3) is 0.375. The van der Waals surface area contributed by atoms with Crippen LogP contribution in [0, 0.1) is 10.1 Å². The minimum Gasteiger partial charge on any atom is -0.365 e. The maximum Gasteiger partial charge on any atom is 0.274 e. The molecule has 0 unspecified atom stereocenters. The molecule has 86 valence electrons. The quantitative estimate of drug-likeness (QED) is 0.655. The van der Waals surface area contributed by atoms with Gasteiger partial charge in [-0.3, -0.25) is 10.1 Å². The van der Waals surface area contributed by atoms with Crippen molar-refractivity contribution in [2.75, 3.05) is 13.1 Å². The Kier molecular flexibility index (Phi) is 3.25.